The monoisotopic (exact) mass is 393 g/mol. The highest BCUT2D eigenvalue weighted by atomic mass is 16.5. The summed E-state index contributed by atoms with van der Waals surface area (Å²) in [5.41, 5.74) is 2.42. The maximum Gasteiger partial charge on any atom is 0.335 e. The highest BCUT2D eigenvalue weighted by Crippen LogP contribution is 2.12. The smallest absolute Gasteiger partial charge is 0.335 e. The van der Waals surface area contributed by atoms with E-state index in [2.05, 4.69) is 15.1 Å². The van der Waals surface area contributed by atoms with Crippen molar-refractivity contribution in [2.45, 2.75) is 0 Å². The first kappa shape index (κ1) is 20.8. The van der Waals surface area contributed by atoms with Gasteiger partial charge in [-0.2, -0.15) is 0 Å². The summed E-state index contributed by atoms with van der Waals surface area (Å²) >= 11 is 0. The van der Waals surface area contributed by atoms with Crippen molar-refractivity contribution in [3.8, 4) is 0 Å². The number of rotatable bonds is 7. The van der Waals surface area contributed by atoms with Gasteiger partial charge >= 0.3 is 5.97 Å². The Balaban J connectivity index is 1.50. The molecule has 1 aliphatic heterocycles. The lowest BCUT2D eigenvalue weighted by atomic mass is 10.1. The number of benzene rings is 2. The van der Waals surface area contributed by atoms with Gasteiger partial charge in [0.15, 0.2) is 0 Å². The molecular formula is C23H27N3O3. The fraction of sp³-hybridized carbons (Fsp3) is 0.304. The zero-order valence-electron chi connectivity index (χ0n) is 16.7. The predicted octanol–water partition coefficient (Wildman–Crippen LogP) is 2.50. The number of para-hydroxylation sites is 1. The number of nitrogens with one attached hydrogen (secondary N) is 1. The van der Waals surface area contributed by atoms with Gasteiger partial charge in [0, 0.05) is 38.4 Å². The Morgan fingerprint density at radius 3 is 2.03 bits per heavy atom. The molecule has 0 atom stereocenters. The number of hydrogen-bond donors (Lipinski definition) is 1. The van der Waals surface area contributed by atoms with Crippen LogP contribution in [0.1, 0.15) is 5.56 Å². The van der Waals surface area contributed by atoms with Crippen molar-refractivity contribution in [1.29, 1.82) is 0 Å². The summed E-state index contributed by atoms with van der Waals surface area (Å²) in [7, 11) is 1.41. The van der Waals surface area contributed by atoms with Crippen LogP contribution in [0, 0.1) is 0 Å². The van der Waals surface area contributed by atoms with E-state index in [1.54, 1.807) is 0 Å². The first-order valence-electron chi connectivity index (χ1n) is 9.77. The van der Waals surface area contributed by atoms with Crippen LogP contribution in [0.3, 0.4) is 0 Å². The third-order valence-electron chi connectivity index (χ3n) is 4.87. The van der Waals surface area contributed by atoms with Gasteiger partial charge in [-0.15, -0.1) is 0 Å². The zero-order chi connectivity index (χ0) is 20.5. The van der Waals surface area contributed by atoms with Crippen molar-refractivity contribution >= 4 is 23.6 Å². The summed E-state index contributed by atoms with van der Waals surface area (Å²) in [5, 5.41) is 2.92. The van der Waals surface area contributed by atoms with E-state index >= 15 is 0 Å². The molecule has 0 aromatic heterocycles. The molecule has 0 radical (unpaired) electrons. The summed E-state index contributed by atoms with van der Waals surface area (Å²) < 4.78 is 4.96. The molecule has 2 aromatic carbocycles. The summed E-state index contributed by atoms with van der Waals surface area (Å²) in [4.78, 5) is 28.8. The fourth-order valence-electron chi connectivity index (χ4n) is 3.32. The molecular weight excluding hydrogens is 366 g/mol. The third-order valence-corrected chi connectivity index (χ3v) is 4.87. The van der Waals surface area contributed by atoms with Gasteiger partial charge in [-0.1, -0.05) is 48.5 Å². The summed E-state index contributed by atoms with van der Waals surface area (Å²) in [6.07, 6.45) is 1.88. The fourth-order valence-corrected chi connectivity index (χ4v) is 3.32. The number of carbonyl (C=O) groups is 2. The number of carbonyl (C=O) groups excluding carboxylic acids is 2. The summed E-state index contributed by atoms with van der Waals surface area (Å²) in [6.45, 7) is 4.05. The molecule has 1 amide bonds. The Hall–Kier alpha value is -2.96. The Bertz CT molecular complexity index is 829. The molecule has 6 heteroatoms. The highest BCUT2D eigenvalue weighted by Gasteiger charge is 2.21. The predicted molar refractivity (Wildman–Crippen MR) is 114 cm³/mol. The molecule has 29 heavy (non-hydrogen) atoms. The minimum Gasteiger partial charge on any atom is -0.466 e. The molecule has 0 saturated carbocycles. The minimum absolute atomic E-state index is 0.0103. The van der Waals surface area contributed by atoms with Gasteiger partial charge in [0.05, 0.1) is 19.2 Å². The van der Waals surface area contributed by atoms with E-state index in [4.69, 9.17) is 4.74 Å². The van der Waals surface area contributed by atoms with Crippen LogP contribution in [0.4, 0.5) is 5.69 Å². The first-order chi connectivity index (χ1) is 14.1. The van der Waals surface area contributed by atoms with Gasteiger partial charge in [-0.05, 0) is 23.8 Å². The van der Waals surface area contributed by atoms with E-state index in [0.717, 1.165) is 37.4 Å². The second-order valence-corrected chi connectivity index (χ2v) is 7.04. The minimum atomic E-state index is -0.307. The van der Waals surface area contributed by atoms with Crippen LogP contribution < -0.4 is 5.32 Å². The van der Waals surface area contributed by atoms with Crippen LogP contribution in [-0.2, 0) is 14.3 Å². The molecule has 1 fully saturated rings. The topological polar surface area (TPSA) is 61.9 Å². The van der Waals surface area contributed by atoms with Gasteiger partial charge in [0.2, 0.25) is 5.91 Å². The quantitative estimate of drug-likeness (QED) is 0.579. The third kappa shape index (κ3) is 6.55. The van der Waals surface area contributed by atoms with Gasteiger partial charge in [-0.3, -0.25) is 14.6 Å². The molecule has 3 rings (SSSR count). The molecule has 0 aliphatic carbocycles. The Morgan fingerprint density at radius 2 is 1.45 bits per heavy atom. The summed E-state index contributed by atoms with van der Waals surface area (Å²) in [5.74, 6) is -0.317. The van der Waals surface area contributed by atoms with E-state index < -0.39 is 0 Å². The van der Waals surface area contributed by atoms with Crippen molar-refractivity contribution in [1.82, 2.24) is 9.80 Å². The van der Waals surface area contributed by atoms with Gasteiger partial charge in [0.25, 0.3) is 0 Å². The van der Waals surface area contributed by atoms with Gasteiger partial charge in [0.1, 0.15) is 0 Å². The van der Waals surface area contributed by atoms with E-state index in [1.807, 2.05) is 66.7 Å². The van der Waals surface area contributed by atoms with Crippen molar-refractivity contribution in [3.63, 3.8) is 0 Å². The average molecular weight is 393 g/mol. The number of esters is 1. The molecule has 1 N–H and O–H groups in total. The molecule has 2 aromatic rings. The number of hydrogen-bond acceptors (Lipinski definition) is 5. The zero-order valence-corrected chi connectivity index (χ0v) is 16.7. The lowest BCUT2D eigenvalue weighted by Crippen LogP contribution is -2.49. The van der Waals surface area contributed by atoms with Crippen molar-refractivity contribution in [2.24, 2.45) is 0 Å². The van der Waals surface area contributed by atoms with Crippen molar-refractivity contribution in [2.75, 3.05) is 51.7 Å². The van der Waals surface area contributed by atoms with Gasteiger partial charge < -0.3 is 10.1 Å². The SMILES string of the molecule is COC(=O)/C(=C/c1ccccc1)CN1CCN(CC(=O)Nc2ccccc2)CC1. The molecule has 152 valence electrons. The Morgan fingerprint density at radius 1 is 0.897 bits per heavy atom. The van der Waals surface area contributed by atoms with E-state index in [9.17, 15) is 9.59 Å². The lowest BCUT2D eigenvalue weighted by Gasteiger charge is -2.34. The van der Waals surface area contributed by atoms with Crippen LogP contribution >= 0.6 is 0 Å². The number of nitrogens with zero attached hydrogens (tertiary/aromatic N) is 2. The summed E-state index contributed by atoms with van der Waals surface area (Å²) in [6, 6.07) is 19.2. The lowest BCUT2D eigenvalue weighted by molar-refractivity contribution is -0.136. The maximum absolute atomic E-state index is 12.2. The van der Waals surface area contributed by atoms with Crippen LogP contribution in [0.5, 0.6) is 0 Å². The maximum atomic E-state index is 12.2. The Labute approximate surface area is 171 Å². The normalized spacial score (nSPS) is 15.7. The standard InChI is InChI=1S/C23H27N3O3/c1-29-23(28)20(16-19-8-4-2-5-9-19)17-25-12-14-26(15-13-25)18-22(27)24-21-10-6-3-7-11-21/h2-11,16H,12-15,17-18H2,1H3,(H,24,27)/b20-16+. The van der Waals surface area contributed by atoms with Crippen molar-refractivity contribution in [3.05, 3.63) is 71.8 Å². The second kappa shape index (κ2) is 10.5. The second-order valence-electron chi connectivity index (χ2n) is 7.04. The van der Waals surface area contributed by atoms with Crippen LogP contribution in [0.2, 0.25) is 0 Å². The van der Waals surface area contributed by atoms with Gasteiger partial charge in [-0.25, -0.2) is 4.79 Å². The highest BCUT2D eigenvalue weighted by molar-refractivity contribution is 5.94. The average Bonchev–Trinajstić information content (AvgIpc) is 2.75. The molecule has 0 bridgehead atoms. The van der Waals surface area contributed by atoms with Crippen LogP contribution in [0.25, 0.3) is 6.08 Å². The largest absolute Gasteiger partial charge is 0.466 e. The van der Waals surface area contributed by atoms with Crippen LogP contribution in [0.15, 0.2) is 66.2 Å². The van der Waals surface area contributed by atoms with E-state index in [-0.39, 0.29) is 11.9 Å². The van der Waals surface area contributed by atoms with Crippen LogP contribution in [-0.4, -0.2) is 68.1 Å². The number of piperazine rings is 1. The molecule has 1 saturated heterocycles. The molecule has 1 heterocycles. The molecule has 0 unspecified atom stereocenters. The first-order valence-corrected chi connectivity index (χ1v) is 9.77. The van der Waals surface area contributed by atoms with E-state index in [1.165, 1.54) is 7.11 Å². The Kier molecular flexibility index (Phi) is 7.55. The molecule has 6 nitrogen and oxygen atoms in total. The van der Waals surface area contributed by atoms with E-state index in [0.29, 0.717) is 18.7 Å². The number of ether oxygens (including phenoxy) is 1. The number of anilines is 1. The molecule has 1 aliphatic rings. The number of methoxy groups -OCH3 is 1. The number of amides is 1. The van der Waals surface area contributed by atoms with Crippen molar-refractivity contribution < 1.29 is 14.3 Å². The molecule has 0 spiro atoms.